The Kier molecular flexibility index (Phi) is 6.29. The van der Waals surface area contributed by atoms with Gasteiger partial charge in [0.25, 0.3) is 5.91 Å². The monoisotopic (exact) mass is 443 g/mol. The zero-order chi connectivity index (χ0) is 21.1. The number of methoxy groups -OCH3 is 1. The Morgan fingerprint density at radius 3 is 2.83 bits per heavy atom. The SMILES string of the molecule is COc1cc(/C=C2\SC(=Nc3cccnc3Cl)N(C3CCCCC3)C2=O)ccc1O. The Labute approximate surface area is 184 Å². The molecule has 2 aromatic rings. The second kappa shape index (κ2) is 9.10. The molecule has 0 bridgehead atoms. The van der Waals surface area contributed by atoms with Crippen LogP contribution in [0.15, 0.2) is 46.4 Å². The first-order valence-electron chi connectivity index (χ1n) is 9.86. The third-order valence-corrected chi connectivity index (χ3v) is 6.51. The standard InChI is InChI=1S/C22H22ClN3O3S/c1-29-18-12-14(9-10-17(18)27)13-19-21(28)26(15-6-3-2-4-7-15)22(30-19)25-16-8-5-11-24-20(16)23/h5,8-13,15,27H,2-4,6-7H2,1H3/b19-13-,25-22?. The van der Waals surface area contributed by atoms with Crippen molar-refractivity contribution in [3.63, 3.8) is 0 Å². The van der Waals surface area contributed by atoms with Gasteiger partial charge in [0, 0.05) is 12.2 Å². The fourth-order valence-electron chi connectivity index (χ4n) is 3.73. The van der Waals surface area contributed by atoms with Crippen LogP contribution in [-0.4, -0.2) is 39.2 Å². The van der Waals surface area contributed by atoms with Crippen molar-refractivity contribution in [1.29, 1.82) is 0 Å². The quantitative estimate of drug-likeness (QED) is 0.506. The summed E-state index contributed by atoms with van der Waals surface area (Å²) in [6.45, 7) is 0. The van der Waals surface area contributed by atoms with E-state index in [2.05, 4.69) is 9.98 Å². The molecule has 1 aliphatic carbocycles. The number of aromatic nitrogens is 1. The molecule has 0 atom stereocenters. The molecule has 1 N–H and O–H groups in total. The summed E-state index contributed by atoms with van der Waals surface area (Å²) in [6.07, 6.45) is 8.75. The number of aromatic hydroxyl groups is 1. The molecule has 1 amide bonds. The Balaban J connectivity index is 1.72. The number of phenolic OH excluding ortho intramolecular Hbond substituents is 1. The van der Waals surface area contributed by atoms with Crippen LogP contribution in [0.5, 0.6) is 11.5 Å². The van der Waals surface area contributed by atoms with Gasteiger partial charge in [0.05, 0.1) is 12.0 Å². The van der Waals surface area contributed by atoms with Gasteiger partial charge in [-0.1, -0.05) is 36.9 Å². The number of benzene rings is 1. The highest BCUT2D eigenvalue weighted by Crippen LogP contribution is 2.39. The van der Waals surface area contributed by atoms with Crippen molar-refractivity contribution in [1.82, 2.24) is 9.88 Å². The second-order valence-corrected chi connectivity index (χ2v) is 8.58. The molecular formula is C22H22ClN3O3S. The number of amidine groups is 1. The minimum Gasteiger partial charge on any atom is -0.504 e. The molecule has 0 unspecified atom stereocenters. The summed E-state index contributed by atoms with van der Waals surface area (Å²) >= 11 is 7.54. The summed E-state index contributed by atoms with van der Waals surface area (Å²) in [5, 5.41) is 10.8. The predicted octanol–water partition coefficient (Wildman–Crippen LogP) is 5.39. The molecule has 1 aliphatic heterocycles. The molecule has 8 heteroatoms. The van der Waals surface area contributed by atoms with Gasteiger partial charge >= 0.3 is 0 Å². The third kappa shape index (κ3) is 4.32. The van der Waals surface area contributed by atoms with E-state index in [4.69, 9.17) is 16.3 Å². The smallest absolute Gasteiger partial charge is 0.267 e. The van der Waals surface area contributed by atoms with Gasteiger partial charge in [-0.15, -0.1) is 0 Å². The average molecular weight is 444 g/mol. The van der Waals surface area contributed by atoms with E-state index >= 15 is 0 Å². The van der Waals surface area contributed by atoms with E-state index in [1.807, 2.05) is 4.90 Å². The number of pyridine rings is 1. The fourth-order valence-corrected chi connectivity index (χ4v) is 4.94. The largest absolute Gasteiger partial charge is 0.504 e. The second-order valence-electron chi connectivity index (χ2n) is 7.22. The van der Waals surface area contributed by atoms with E-state index in [0.29, 0.717) is 26.7 Å². The molecule has 2 heterocycles. The highest BCUT2D eigenvalue weighted by molar-refractivity contribution is 8.18. The number of amides is 1. The van der Waals surface area contributed by atoms with Gasteiger partial charge in [-0.3, -0.25) is 9.69 Å². The Morgan fingerprint density at radius 1 is 1.30 bits per heavy atom. The van der Waals surface area contributed by atoms with Crippen LogP contribution in [0.2, 0.25) is 5.15 Å². The minimum absolute atomic E-state index is 0.0577. The van der Waals surface area contributed by atoms with Crippen molar-refractivity contribution in [3.8, 4) is 11.5 Å². The van der Waals surface area contributed by atoms with Gasteiger partial charge in [0.15, 0.2) is 21.8 Å². The lowest BCUT2D eigenvalue weighted by atomic mass is 9.94. The number of carbonyl (C=O) groups is 1. The average Bonchev–Trinajstić information content (AvgIpc) is 3.06. The summed E-state index contributed by atoms with van der Waals surface area (Å²) in [7, 11) is 1.49. The van der Waals surface area contributed by atoms with Crippen molar-refractivity contribution < 1.29 is 14.6 Å². The van der Waals surface area contributed by atoms with E-state index < -0.39 is 0 Å². The highest BCUT2D eigenvalue weighted by Gasteiger charge is 2.38. The van der Waals surface area contributed by atoms with Crippen LogP contribution in [0.1, 0.15) is 37.7 Å². The lowest BCUT2D eigenvalue weighted by Gasteiger charge is -2.30. The summed E-state index contributed by atoms with van der Waals surface area (Å²) in [6, 6.07) is 8.70. The van der Waals surface area contributed by atoms with Crippen LogP contribution in [0.3, 0.4) is 0 Å². The molecule has 1 saturated heterocycles. The first-order valence-corrected chi connectivity index (χ1v) is 11.1. The maximum absolute atomic E-state index is 13.3. The van der Waals surface area contributed by atoms with Gasteiger partial charge < -0.3 is 9.84 Å². The number of aliphatic imine (C=N–C) groups is 1. The van der Waals surface area contributed by atoms with Crippen LogP contribution in [0, 0.1) is 0 Å². The molecule has 2 fully saturated rings. The van der Waals surface area contributed by atoms with Crippen molar-refractivity contribution in [2.24, 2.45) is 4.99 Å². The van der Waals surface area contributed by atoms with E-state index in [-0.39, 0.29) is 17.7 Å². The number of nitrogens with zero attached hydrogens (tertiary/aromatic N) is 3. The Morgan fingerprint density at radius 2 is 2.10 bits per heavy atom. The molecule has 1 saturated carbocycles. The first kappa shape index (κ1) is 20.8. The molecule has 1 aromatic heterocycles. The number of rotatable bonds is 4. The molecule has 2 aliphatic rings. The summed E-state index contributed by atoms with van der Waals surface area (Å²) in [4.78, 5) is 24.5. The number of hydrogen-bond acceptors (Lipinski definition) is 6. The van der Waals surface area contributed by atoms with Crippen LogP contribution in [0.4, 0.5) is 5.69 Å². The molecule has 30 heavy (non-hydrogen) atoms. The van der Waals surface area contributed by atoms with E-state index in [1.54, 1.807) is 42.6 Å². The van der Waals surface area contributed by atoms with Crippen molar-refractivity contribution in [2.75, 3.05) is 7.11 Å². The Hall–Kier alpha value is -2.51. The topological polar surface area (TPSA) is 75.0 Å². The van der Waals surface area contributed by atoms with Crippen LogP contribution in [-0.2, 0) is 4.79 Å². The zero-order valence-electron chi connectivity index (χ0n) is 16.5. The Bertz CT molecular complexity index is 1020. The normalized spacial score (nSPS) is 20.3. The van der Waals surface area contributed by atoms with E-state index in [9.17, 15) is 9.90 Å². The lowest BCUT2D eigenvalue weighted by molar-refractivity contribution is -0.124. The van der Waals surface area contributed by atoms with Gasteiger partial charge in [-0.05, 0) is 60.5 Å². The van der Waals surface area contributed by atoms with Gasteiger partial charge in [-0.2, -0.15) is 0 Å². The van der Waals surface area contributed by atoms with Crippen molar-refractivity contribution in [3.05, 3.63) is 52.2 Å². The van der Waals surface area contributed by atoms with Crippen LogP contribution >= 0.6 is 23.4 Å². The maximum Gasteiger partial charge on any atom is 0.267 e. The molecular weight excluding hydrogens is 422 g/mol. The number of hydrogen-bond donors (Lipinski definition) is 1. The van der Waals surface area contributed by atoms with Crippen LogP contribution < -0.4 is 4.74 Å². The lowest BCUT2D eigenvalue weighted by Crippen LogP contribution is -2.40. The molecule has 156 valence electrons. The maximum atomic E-state index is 13.3. The van der Waals surface area contributed by atoms with Gasteiger partial charge in [0.2, 0.25) is 0 Å². The third-order valence-electron chi connectivity index (χ3n) is 5.23. The number of carbonyl (C=O) groups excluding carboxylic acids is 1. The van der Waals surface area contributed by atoms with Crippen molar-refractivity contribution >= 4 is 46.2 Å². The van der Waals surface area contributed by atoms with Crippen molar-refractivity contribution in [2.45, 2.75) is 38.1 Å². The summed E-state index contributed by atoms with van der Waals surface area (Å²) < 4.78 is 5.18. The number of thioether (sulfide) groups is 1. The fraction of sp³-hybridized carbons (Fsp3) is 0.318. The molecule has 1 aromatic carbocycles. The summed E-state index contributed by atoms with van der Waals surface area (Å²) in [5.41, 5.74) is 1.31. The molecule has 0 spiro atoms. The minimum atomic E-state index is -0.0577. The molecule has 6 nitrogen and oxygen atoms in total. The number of ether oxygens (including phenoxy) is 1. The van der Waals surface area contributed by atoms with Crippen LogP contribution in [0.25, 0.3) is 6.08 Å². The zero-order valence-corrected chi connectivity index (χ0v) is 18.1. The predicted molar refractivity (Wildman–Crippen MR) is 120 cm³/mol. The summed E-state index contributed by atoms with van der Waals surface area (Å²) in [5.74, 6) is 0.361. The van der Waals surface area contributed by atoms with E-state index in [0.717, 1.165) is 31.2 Å². The molecule has 0 radical (unpaired) electrons. The van der Waals surface area contributed by atoms with Gasteiger partial charge in [-0.25, -0.2) is 9.98 Å². The van der Waals surface area contributed by atoms with E-state index in [1.165, 1.54) is 25.3 Å². The highest BCUT2D eigenvalue weighted by atomic mass is 35.5. The number of halogens is 1. The number of phenols is 1. The van der Waals surface area contributed by atoms with Gasteiger partial charge in [0.1, 0.15) is 5.69 Å². The molecule has 4 rings (SSSR count). The first-order chi connectivity index (χ1) is 14.6.